The van der Waals surface area contributed by atoms with Crippen LogP contribution in [0.15, 0.2) is 53.5 Å². The van der Waals surface area contributed by atoms with Crippen molar-refractivity contribution in [3.63, 3.8) is 0 Å². The van der Waals surface area contributed by atoms with Gasteiger partial charge in [0.1, 0.15) is 15.8 Å². The highest BCUT2D eigenvalue weighted by molar-refractivity contribution is 7.51. The molecule has 1 heterocycles. The number of ether oxygens (including phenoxy) is 2. The van der Waals surface area contributed by atoms with Crippen molar-refractivity contribution in [2.24, 2.45) is 10.7 Å². The van der Waals surface area contributed by atoms with Crippen LogP contribution in [0.4, 0.5) is 13.2 Å². The number of nitroso groups, excluding NO2 is 1. The maximum Gasteiger partial charge on any atom is 0.487 e. The van der Waals surface area contributed by atoms with E-state index in [4.69, 9.17) is 20.1 Å². The molecule has 3 aromatic rings. The van der Waals surface area contributed by atoms with Gasteiger partial charge in [0.05, 0.1) is 30.9 Å². The lowest BCUT2D eigenvalue weighted by molar-refractivity contribution is -0.138. The Kier molecular flexibility index (Phi) is 10.7. The number of hydrogen-bond donors (Lipinski definition) is 2. The molecular formula is C24H28F3N4O6PS. The van der Waals surface area contributed by atoms with Crippen molar-refractivity contribution in [1.29, 1.82) is 0 Å². The number of nitrogens with two attached hydrogens (primary N) is 1. The zero-order valence-corrected chi connectivity index (χ0v) is 22.7. The van der Waals surface area contributed by atoms with Crippen molar-refractivity contribution >= 4 is 19.1 Å². The predicted octanol–water partition coefficient (Wildman–Crippen LogP) is 6.05. The second-order valence-electron chi connectivity index (χ2n) is 8.83. The molecule has 0 bridgehead atoms. The van der Waals surface area contributed by atoms with Gasteiger partial charge >= 0.3 is 13.9 Å². The van der Waals surface area contributed by atoms with Crippen molar-refractivity contribution in [3.05, 3.63) is 69.6 Å². The maximum absolute atomic E-state index is 13.8. The lowest BCUT2D eigenvalue weighted by Gasteiger charge is -2.20. The SMILES string of the molecule is C[C@](N)(COP(=O)(O)N=O)c1nnc(-c2ccc(OCCCCCOCc3ccccc3)c(C(F)(F)F)c2)s1. The highest BCUT2D eigenvalue weighted by Gasteiger charge is 2.36. The Balaban J connectivity index is 1.56. The minimum atomic E-state index is -4.70. The molecule has 0 aliphatic rings. The number of benzene rings is 2. The molecule has 0 aliphatic heterocycles. The highest BCUT2D eigenvalue weighted by atomic mass is 32.1. The molecular weight excluding hydrogens is 560 g/mol. The van der Waals surface area contributed by atoms with E-state index in [2.05, 4.69) is 14.7 Å². The molecule has 3 rings (SSSR count). The summed E-state index contributed by atoms with van der Waals surface area (Å²) in [4.78, 5) is 21.5. The van der Waals surface area contributed by atoms with Gasteiger partial charge < -0.3 is 20.1 Å². The maximum atomic E-state index is 13.8. The van der Waals surface area contributed by atoms with Crippen LogP contribution < -0.4 is 10.5 Å². The molecule has 39 heavy (non-hydrogen) atoms. The Morgan fingerprint density at radius 3 is 2.49 bits per heavy atom. The van der Waals surface area contributed by atoms with E-state index in [0.29, 0.717) is 19.6 Å². The second-order valence-corrected chi connectivity index (χ2v) is 11.2. The van der Waals surface area contributed by atoms with Gasteiger partial charge in [-0.3, -0.25) is 4.52 Å². The zero-order chi connectivity index (χ0) is 28.5. The second kappa shape index (κ2) is 13.6. The van der Waals surface area contributed by atoms with Crippen LogP contribution in [0.1, 0.15) is 42.3 Å². The first-order valence-corrected chi connectivity index (χ1v) is 14.2. The van der Waals surface area contributed by atoms with Crippen molar-refractivity contribution < 1.29 is 36.6 Å². The van der Waals surface area contributed by atoms with Crippen molar-refractivity contribution in [3.8, 4) is 16.3 Å². The Morgan fingerprint density at radius 1 is 1.08 bits per heavy atom. The summed E-state index contributed by atoms with van der Waals surface area (Å²) in [6.45, 7) is 1.97. The summed E-state index contributed by atoms with van der Waals surface area (Å²) in [7, 11) is -4.70. The molecule has 212 valence electrons. The number of rotatable bonds is 15. The van der Waals surface area contributed by atoms with Crippen molar-refractivity contribution in [2.75, 3.05) is 19.8 Å². The Hall–Kier alpha value is -2.74. The fourth-order valence-electron chi connectivity index (χ4n) is 3.31. The van der Waals surface area contributed by atoms with Crippen molar-refractivity contribution in [2.45, 2.75) is 44.5 Å². The van der Waals surface area contributed by atoms with E-state index in [1.165, 1.54) is 19.1 Å². The molecule has 2 aromatic carbocycles. The van der Waals surface area contributed by atoms with Gasteiger partial charge in [0, 0.05) is 17.1 Å². The van der Waals surface area contributed by atoms with E-state index >= 15 is 0 Å². The van der Waals surface area contributed by atoms with Gasteiger partial charge in [-0.15, -0.1) is 15.1 Å². The summed E-state index contributed by atoms with van der Waals surface area (Å²) < 4.78 is 68.3. The van der Waals surface area contributed by atoms with E-state index in [-0.39, 0.29) is 27.9 Å². The summed E-state index contributed by atoms with van der Waals surface area (Å²) in [6, 6.07) is 13.3. The molecule has 2 atom stereocenters. The first-order valence-electron chi connectivity index (χ1n) is 11.8. The lowest BCUT2D eigenvalue weighted by Crippen LogP contribution is -2.37. The van der Waals surface area contributed by atoms with Crippen LogP contribution in [0.3, 0.4) is 0 Å². The summed E-state index contributed by atoms with van der Waals surface area (Å²) in [5, 5.41) is 8.02. The number of aromatic nitrogens is 2. The number of alkyl halides is 3. The molecule has 1 unspecified atom stereocenters. The van der Waals surface area contributed by atoms with E-state index in [1.54, 1.807) is 0 Å². The lowest BCUT2D eigenvalue weighted by atomic mass is 10.1. The molecule has 0 amide bonds. The summed E-state index contributed by atoms with van der Waals surface area (Å²) >= 11 is 0.878. The first-order chi connectivity index (χ1) is 18.4. The van der Waals surface area contributed by atoms with Gasteiger partial charge in [0.25, 0.3) is 0 Å². The summed E-state index contributed by atoms with van der Waals surface area (Å²) in [5.74, 6) is -0.298. The quantitative estimate of drug-likeness (QED) is 0.123. The normalized spacial score (nSPS) is 14.9. The smallest absolute Gasteiger partial charge is 0.487 e. The number of nitrogens with zero attached hydrogens (tertiary/aromatic N) is 3. The van der Waals surface area contributed by atoms with Crippen LogP contribution in [-0.2, 0) is 32.1 Å². The Bertz CT molecular complexity index is 1280. The molecule has 0 radical (unpaired) electrons. The van der Waals surface area contributed by atoms with Gasteiger partial charge in [-0.25, -0.2) is 4.57 Å². The van der Waals surface area contributed by atoms with E-state index in [0.717, 1.165) is 35.8 Å². The van der Waals surface area contributed by atoms with Crippen LogP contribution in [0.5, 0.6) is 5.75 Å². The molecule has 15 heteroatoms. The topological polar surface area (TPSA) is 146 Å². The average Bonchev–Trinajstić information content (AvgIpc) is 3.41. The fraction of sp³-hybridized carbons (Fsp3) is 0.417. The van der Waals surface area contributed by atoms with E-state index in [9.17, 15) is 22.6 Å². The molecule has 3 N–H and O–H groups in total. The van der Waals surface area contributed by atoms with Crippen LogP contribution in [0, 0.1) is 4.91 Å². The standard InChI is InChI=1S/C24H28F3N4O6PS/c1-23(28,16-37-38(33,34)31-32)22-30-29-21(39-22)18-10-11-20(19(14-18)24(25,26)27)36-13-7-3-6-12-35-15-17-8-4-2-5-9-17/h2,4-5,8-11,14H,3,6-7,12-13,15-16,28H2,1H3,(H,33,34)/t23-/m0/s1. The largest absolute Gasteiger partial charge is 0.493 e. The zero-order valence-electron chi connectivity index (χ0n) is 21.0. The molecule has 0 fully saturated rings. The van der Waals surface area contributed by atoms with Crippen molar-refractivity contribution in [1.82, 2.24) is 10.2 Å². The Morgan fingerprint density at radius 2 is 1.79 bits per heavy atom. The van der Waals surface area contributed by atoms with Gasteiger partial charge in [-0.1, -0.05) is 41.7 Å². The van der Waals surface area contributed by atoms with Crippen LogP contribution in [0.25, 0.3) is 10.6 Å². The molecule has 0 aliphatic carbocycles. The monoisotopic (exact) mass is 588 g/mol. The van der Waals surface area contributed by atoms with Gasteiger partial charge in [0.2, 0.25) is 0 Å². The van der Waals surface area contributed by atoms with E-state index in [1.807, 2.05) is 35.3 Å². The number of unbranched alkanes of at least 4 members (excludes halogenated alkanes) is 2. The third-order valence-corrected chi connectivity index (χ3v) is 7.31. The van der Waals surface area contributed by atoms with Gasteiger partial charge in [-0.05, 0) is 49.9 Å². The third kappa shape index (κ3) is 9.45. The van der Waals surface area contributed by atoms with E-state index < -0.39 is 31.6 Å². The van der Waals surface area contributed by atoms with Gasteiger partial charge in [-0.2, -0.15) is 13.2 Å². The number of hydrogen-bond acceptors (Lipinski definition) is 9. The fourth-order valence-corrected chi connectivity index (χ4v) is 4.68. The summed E-state index contributed by atoms with van der Waals surface area (Å²) in [6.07, 6.45) is -2.62. The molecule has 0 saturated carbocycles. The Labute approximate surface area is 226 Å². The average molecular weight is 589 g/mol. The minimum Gasteiger partial charge on any atom is -0.493 e. The minimum absolute atomic E-state index is 0.111. The van der Waals surface area contributed by atoms with Crippen LogP contribution in [-0.4, -0.2) is 34.9 Å². The molecule has 0 spiro atoms. The third-order valence-electron chi connectivity index (χ3n) is 5.38. The highest BCUT2D eigenvalue weighted by Crippen LogP contribution is 2.45. The van der Waals surface area contributed by atoms with Gasteiger partial charge in [0.15, 0.2) is 0 Å². The first kappa shape index (κ1) is 30.8. The van der Waals surface area contributed by atoms with Crippen LogP contribution in [0.2, 0.25) is 0 Å². The predicted molar refractivity (Wildman–Crippen MR) is 139 cm³/mol. The molecule has 1 aromatic heterocycles. The van der Waals surface area contributed by atoms with Crippen LogP contribution >= 0.6 is 19.1 Å². The summed E-state index contributed by atoms with van der Waals surface area (Å²) in [5.41, 5.74) is 4.84. The number of halogens is 3. The molecule has 0 saturated heterocycles. The molecule has 10 nitrogen and oxygen atoms in total.